The zero-order chi connectivity index (χ0) is 22.7. The van der Waals surface area contributed by atoms with Crippen LogP contribution >= 0.6 is 39.1 Å². The van der Waals surface area contributed by atoms with Crippen molar-refractivity contribution >= 4 is 70.8 Å². The van der Waals surface area contributed by atoms with Crippen LogP contribution in [-0.2, 0) is 21.4 Å². The van der Waals surface area contributed by atoms with E-state index in [4.69, 9.17) is 11.6 Å². The van der Waals surface area contributed by atoms with Gasteiger partial charge in [0.15, 0.2) is 0 Å². The lowest BCUT2D eigenvalue weighted by atomic mass is 10.2. The predicted octanol–water partition coefficient (Wildman–Crippen LogP) is 5.54. The van der Waals surface area contributed by atoms with E-state index in [2.05, 4.69) is 25.6 Å². The molecule has 0 fully saturated rings. The third-order valence-corrected chi connectivity index (χ3v) is 8.05. The van der Waals surface area contributed by atoms with Crippen LogP contribution in [-0.4, -0.2) is 29.5 Å². The van der Waals surface area contributed by atoms with Gasteiger partial charge in [0.2, 0.25) is 15.9 Å². The van der Waals surface area contributed by atoms with E-state index in [0.717, 1.165) is 24.4 Å². The number of hydrogen-bond acceptors (Lipinski definition) is 5. The van der Waals surface area contributed by atoms with E-state index in [1.807, 2.05) is 36.4 Å². The Hall–Kier alpha value is -2.30. The first-order chi connectivity index (χ1) is 15.3. The fourth-order valence-electron chi connectivity index (χ4n) is 3.09. The van der Waals surface area contributed by atoms with Gasteiger partial charge in [0.1, 0.15) is 0 Å². The first-order valence-corrected chi connectivity index (χ1v) is 12.8. The monoisotopic (exact) mass is 549 g/mol. The van der Waals surface area contributed by atoms with E-state index in [9.17, 15) is 13.2 Å². The lowest BCUT2D eigenvalue weighted by Gasteiger charge is -2.22. The van der Waals surface area contributed by atoms with Crippen molar-refractivity contribution in [3.63, 3.8) is 0 Å². The summed E-state index contributed by atoms with van der Waals surface area (Å²) < 4.78 is 33.8. The van der Waals surface area contributed by atoms with E-state index in [-0.39, 0.29) is 18.0 Å². The van der Waals surface area contributed by atoms with Crippen molar-refractivity contribution in [3.8, 4) is 0 Å². The molecule has 1 heterocycles. The van der Waals surface area contributed by atoms with Gasteiger partial charge in [0.25, 0.3) is 0 Å². The van der Waals surface area contributed by atoms with Gasteiger partial charge in [0, 0.05) is 33.3 Å². The summed E-state index contributed by atoms with van der Waals surface area (Å²) in [6.45, 7) is -0.305. The molecular weight excluding hydrogens is 534 g/mol. The van der Waals surface area contributed by atoms with Gasteiger partial charge in [-0.15, -0.1) is 0 Å². The Morgan fingerprint density at radius 3 is 2.50 bits per heavy atom. The van der Waals surface area contributed by atoms with E-state index < -0.39 is 15.9 Å². The van der Waals surface area contributed by atoms with Crippen LogP contribution in [0.5, 0.6) is 0 Å². The third-order valence-electron chi connectivity index (χ3n) is 4.68. The predicted molar refractivity (Wildman–Crippen MR) is 131 cm³/mol. The number of nitrogens with one attached hydrogen (secondary N) is 1. The molecule has 0 radical (unpaired) electrons. The van der Waals surface area contributed by atoms with E-state index >= 15 is 0 Å². The molecule has 4 aromatic rings. The molecule has 0 aliphatic rings. The molecule has 1 amide bonds. The van der Waals surface area contributed by atoms with Crippen molar-refractivity contribution in [2.75, 3.05) is 11.9 Å². The smallest absolute Gasteiger partial charge is 0.243 e. The van der Waals surface area contributed by atoms with Gasteiger partial charge in [-0.1, -0.05) is 39.7 Å². The second kappa shape index (κ2) is 9.68. The van der Waals surface area contributed by atoms with Crippen LogP contribution in [0.15, 0.2) is 82.3 Å². The SMILES string of the molecule is O=C(CN(Cc1ccc(Br)cc1)S(=O)(=O)c1ccc(Cl)cc1)Nc1ccc2sncc2c1. The second-order valence-corrected chi connectivity index (χ2v) is 11.1. The number of hydrogen-bond donors (Lipinski definition) is 1. The molecule has 1 aromatic heterocycles. The number of anilines is 1. The Balaban J connectivity index is 1.59. The molecule has 6 nitrogen and oxygen atoms in total. The number of rotatable bonds is 7. The summed E-state index contributed by atoms with van der Waals surface area (Å²) in [5, 5.41) is 4.13. The third kappa shape index (κ3) is 5.36. The average molecular weight is 551 g/mol. The largest absolute Gasteiger partial charge is 0.325 e. The summed E-state index contributed by atoms with van der Waals surface area (Å²) in [5.41, 5.74) is 1.33. The van der Waals surface area contributed by atoms with Gasteiger partial charge < -0.3 is 5.32 Å². The summed E-state index contributed by atoms with van der Waals surface area (Å²) >= 11 is 10.7. The Labute approximate surface area is 203 Å². The summed E-state index contributed by atoms with van der Waals surface area (Å²) in [6.07, 6.45) is 1.72. The topological polar surface area (TPSA) is 79.4 Å². The molecule has 0 aliphatic carbocycles. The standard InChI is InChI=1S/C22H17BrClN3O3S2/c23-17-3-1-15(2-4-17)13-27(32(29,30)20-8-5-18(24)6-9-20)14-22(28)26-19-7-10-21-16(11-19)12-25-31-21/h1-12H,13-14H2,(H,26,28). The molecule has 1 N–H and O–H groups in total. The Morgan fingerprint density at radius 2 is 1.78 bits per heavy atom. The molecule has 3 aromatic carbocycles. The van der Waals surface area contributed by atoms with Crippen molar-refractivity contribution in [1.82, 2.24) is 8.68 Å². The summed E-state index contributed by atoms with van der Waals surface area (Å²) in [4.78, 5) is 12.9. The van der Waals surface area contributed by atoms with Gasteiger partial charge >= 0.3 is 0 Å². The van der Waals surface area contributed by atoms with Crippen molar-refractivity contribution < 1.29 is 13.2 Å². The molecule has 0 unspecified atom stereocenters. The van der Waals surface area contributed by atoms with Crippen LogP contribution in [0.1, 0.15) is 5.56 Å². The van der Waals surface area contributed by atoms with Gasteiger partial charge in [0.05, 0.1) is 16.1 Å². The Kier molecular flexibility index (Phi) is 6.92. The van der Waals surface area contributed by atoms with Crippen molar-refractivity contribution in [3.05, 3.63) is 88.0 Å². The lowest BCUT2D eigenvalue weighted by Crippen LogP contribution is -2.37. The van der Waals surface area contributed by atoms with Crippen molar-refractivity contribution in [1.29, 1.82) is 0 Å². The Morgan fingerprint density at radius 1 is 1.06 bits per heavy atom. The quantitative estimate of drug-likeness (QED) is 0.328. The number of sulfonamides is 1. The highest BCUT2D eigenvalue weighted by molar-refractivity contribution is 9.10. The fourth-order valence-corrected chi connectivity index (χ4v) is 5.49. The summed E-state index contributed by atoms with van der Waals surface area (Å²) in [6, 6.07) is 18.6. The molecule has 0 spiro atoms. The van der Waals surface area contributed by atoms with Gasteiger partial charge in [-0.2, -0.15) is 8.68 Å². The molecule has 10 heteroatoms. The molecule has 0 atom stereocenters. The highest BCUT2D eigenvalue weighted by Crippen LogP contribution is 2.24. The lowest BCUT2D eigenvalue weighted by molar-refractivity contribution is -0.116. The van der Waals surface area contributed by atoms with Gasteiger partial charge in [-0.05, 0) is 71.7 Å². The molecule has 0 saturated heterocycles. The number of fused-ring (bicyclic) bond motifs is 1. The zero-order valence-corrected chi connectivity index (χ0v) is 20.5. The first-order valence-electron chi connectivity index (χ1n) is 9.46. The van der Waals surface area contributed by atoms with Crippen LogP contribution in [0.2, 0.25) is 5.02 Å². The minimum atomic E-state index is -3.95. The van der Waals surface area contributed by atoms with Crippen LogP contribution in [0, 0.1) is 0 Å². The first kappa shape index (κ1) is 22.9. The maximum Gasteiger partial charge on any atom is 0.243 e. The maximum absolute atomic E-state index is 13.3. The normalized spacial score (nSPS) is 11.7. The number of aromatic nitrogens is 1. The highest BCUT2D eigenvalue weighted by atomic mass is 79.9. The van der Waals surface area contributed by atoms with Crippen molar-refractivity contribution in [2.45, 2.75) is 11.4 Å². The molecule has 0 aliphatic heterocycles. The number of nitrogens with zero attached hydrogens (tertiary/aromatic N) is 2. The van der Waals surface area contributed by atoms with Crippen LogP contribution < -0.4 is 5.32 Å². The van der Waals surface area contributed by atoms with Gasteiger partial charge in [-0.25, -0.2) is 8.42 Å². The summed E-state index contributed by atoms with van der Waals surface area (Å²) in [5.74, 6) is -0.442. The summed E-state index contributed by atoms with van der Waals surface area (Å²) in [7, 11) is -3.95. The van der Waals surface area contributed by atoms with E-state index in [1.165, 1.54) is 35.8 Å². The number of carbonyl (C=O) groups is 1. The molecule has 0 bridgehead atoms. The minimum Gasteiger partial charge on any atom is -0.325 e. The fraction of sp³-hybridized carbons (Fsp3) is 0.0909. The molecule has 4 rings (SSSR count). The van der Waals surface area contributed by atoms with Crippen LogP contribution in [0.3, 0.4) is 0 Å². The second-order valence-electron chi connectivity index (χ2n) is 6.98. The number of carbonyl (C=O) groups excluding carboxylic acids is 1. The molecule has 164 valence electrons. The van der Waals surface area contributed by atoms with E-state index in [1.54, 1.807) is 12.3 Å². The van der Waals surface area contributed by atoms with Crippen LogP contribution in [0.4, 0.5) is 5.69 Å². The molecule has 32 heavy (non-hydrogen) atoms. The highest BCUT2D eigenvalue weighted by Gasteiger charge is 2.27. The molecular formula is C22H17BrClN3O3S2. The number of amides is 1. The minimum absolute atomic E-state index is 0.0408. The number of benzene rings is 3. The van der Waals surface area contributed by atoms with Gasteiger partial charge in [-0.3, -0.25) is 4.79 Å². The molecule has 0 saturated carbocycles. The van der Waals surface area contributed by atoms with Crippen molar-refractivity contribution in [2.24, 2.45) is 0 Å². The zero-order valence-electron chi connectivity index (χ0n) is 16.5. The number of halogens is 2. The Bertz CT molecular complexity index is 1360. The van der Waals surface area contributed by atoms with E-state index in [0.29, 0.717) is 10.7 Å². The maximum atomic E-state index is 13.3. The average Bonchev–Trinajstić information content (AvgIpc) is 3.23. The van der Waals surface area contributed by atoms with Crippen LogP contribution in [0.25, 0.3) is 10.1 Å².